The van der Waals surface area contributed by atoms with Gasteiger partial charge >= 0.3 is 6.09 Å². The number of hydrogen-bond acceptors (Lipinski definition) is 4. The van der Waals surface area contributed by atoms with Crippen LogP contribution in [0.2, 0.25) is 0 Å². The fraction of sp³-hybridized carbons (Fsp3) is 0.462. The van der Waals surface area contributed by atoms with Gasteiger partial charge in [0.05, 0.1) is 12.2 Å². The van der Waals surface area contributed by atoms with Crippen LogP contribution in [0.1, 0.15) is 20.8 Å². The Morgan fingerprint density at radius 2 is 2.17 bits per heavy atom. The molecule has 1 aliphatic heterocycles. The van der Waals surface area contributed by atoms with Crippen molar-refractivity contribution in [3.8, 4) is 5.75 Å². The van der Waals surface area contributed by atoms with Crippen molar-refractivity contribution in [3.63, 3.8) is 0 Å². The summed E-state index contributed by atoms with van der Waals surface area (Å²) < 4.78 is 10.9. The van der Waals surface area contributed by atoms with Gasteiger partial charge in [-0.15, -0.1) is 12.6 Å². The quantitative estimate of drug-likeness (QED) is 0.734. The molecule has 98 valence electrons. The Labute approximate surface area is 112 Å². The van der Waals surface area contributed by atoms with Crippen molar-refractivity contribution in [1.82, 2.24) is 0 Å². The fourth-order valence-corrected chi connectivity index (χ4v) is 2.00. The van der Waals surface area contributed by atoms with Gasteiger partial charge in [0.15, 0.2) is 5.75 Å². The number of nitrogens with zero attached hydrogens (tertiary/aromatic N) is 1. The highest BCUT2D eigenvalue weighted by Crippen LogP contribution is 2.37. The molecule has 0 saturated heterocycles. The summed E-state index contributed by atoms with van der Waals surface area (Å²) in [6.45, 7) is 6.48. The molecular weight excluding hydrogens is 250 g/mol. The third kappa shape index (κ3) is 2.72. The van der Waals surface area contributed by atoms with Gasteiger partial charge in [-0.3, -0.25) is 4.90 Å². The summed E-state index contributed by atoms with van der Waals surface area (Å²) in [5.41, 5.74) is 0.205. The molecule has 1 heterocycles. The molecule has 4 nitrogen and oxygen atoms in total. The summed E-state index contributed by atoms with van der Waals surface area (Å²) in [5, 5.41) is 0. The molecule has 0 saturated carbocycles. The number of fused-ring (bicyclic) bond motifs is 1. The minimum atomic E-state index is -0.506. The number of rotatable bonds is 0. The van der Waals surface area contributed by atoms with E-state index >= 15 is 0 Å². The molecule has 1 aromatic carbocycles. The largest absolute Gasteiger partial charge is 0.488 e. The van der Waals surface area contributed by atoms with Gasteiger partial charge in [-0.2, -0.15) is 0 Å². The maximum atomic E-state index is 12.1. The predicted molar refractivity (Wildman–Crippen MR) is 72.8 cm³/mol. The lowest BCUT2D eigenvalue weighted by atomic mass is 10.2. The van der Waals surface area contributed by atoms with E-state index < -0.39 is 5.60 Å². The van der Waals surface area contributed by atoms with Crippen LogP contribution in [-0.4, -0.2) is 24.8 Å². The van der Waals surface area contributed by atoms with E-state index in [1.165, 1.54) is 0 Å². The first-order chi connectivity index (χ1) is 8.38. The van der Waals surface area contributed by atoms with E-state index in [1.54, 1.807) is 4.90 Å². The molecule has 0 radical (unpaired) electrons. The average molecular weight is 267 g/mol. The molecule has 2 rings (SSSR count). The Hall–Kier alpha value is -1.36. The molecule has 0 fully saturated rings. The van der Waals surface area contributed by atoms with Crippen LogP contribution in [0.3, 0.4) is 0 Å². The minimum absolute atomic E-state index is 0.356. The zero-order valence-electron chi connectivity index (χ0n) is 10.8. The van der Waals surface area contributed by atoms with Gasteiger partial charge in [0.2, 0.25) is 0 Å². The van der Waals surface area contributed by atoms with E-state index in [0.29, 0.717) is 24.6 Å². The Kier molecular flexibility index (Phi) is 3.43. The van der Waals surface area contributed by atoms with Crippen LogP contribution in [0.25, 0.3) is 0 Å². The second-order valence-electron chi connectivity index (χ2n) is 5.11. The van der Waals surface area contributed by atoms with Crippen LogP contribution < -0.4 is 9.64 Å². The first-order valence-electron chi connectivity index (χ1n) is 5.84. The van der Waals surface area contributed by atoms with Gasteiger partial charge in [-0.25, -0.2) is 4.79 Å². The molecule has 1 amide bonds. The highest BCUT2D eigenvalue weighted by Gasteiger charge is 2.28. The van der Waals surface area contributed by atoms with E-state index in [1.807, 2.05) is 39.0 Å². The molecule has 1 aliphatic rings. The minimum Gasteiger partial charge on any atom is -0.488 e. The Balaban J connectivity index is 2.28. The highest BCUT2D eigenvalue weighted by molar-refractivity contribution is 7.80. The summed E-state index contributed by atoms with van der Waals surface area (Å²) in [6, 6.07) is 5.51. The summed E-state index contributed by atoms with van der Waals surface area (Å²) in [6.07, 6.45) is -0.356. The number of para-hydroxylation sites is 1. The molecule has 0 unspecified atom stereocenters. The zero-order chi connectivity index (χ0) is 13.3. The van der Waals surface area contributed by atoms with Gasteiger partial charge < -0.3 is 9.47 Å². The van der Waals surface area contributed by atoms with E-state index in [-0.39, 0.29) is 6.09 Å². The third-order valence-corrected chi connectivity index (χ3v) is 2.79. The smallest absolute Gasteiger partial charge is 0.415 e. The zero-order valence-corrected chi connectivity index (χ0v) is 11.7. The van der Waals surface area contributed by atoms with Crippen LogP contribution in [0.4, 0.5) is 10.5 Å². The average Bonchev–Trinajstić information content (AvgIpc) is 2.26. The van der Waals surface area contributed by atoms with Crippen LogP contribution in [0.15, 0.2) is 23.1 Å². The normalized spacial score (nSPS) is 14.8. The number of hydrogen-bond donors (Lipinski definition) is 1. The molecule has 5 heteroatoms. The van der Waals surface area contributed by atoms with E-state index in [2.05, 4.69) is 12.6 Å². The van der Waals surface area contributed by atoms with Gasteiger partial charge in [-0.1, -0.05) is 6.07 Å². The van der Waals surface area contributed by atoms with Crippen LogP contribution in [-0.2, 0) is 4.74 Å². The topological polar surface area (TPSA) is 38.8 Å². The molecule has 0 aromatic heterocycles. The van der Waals surface area contributed by atoms with E-state index in [9.17, 15) is 4.79 Å². The molecule has 0 atom stereocenters. The summed E-state index contributed by atoms with van der Waals surface area (Å²) >= 11 is 4.33. The van der Waals surface area contributed by atoms with Crippen LogP contribution in [0, 0.1) is 0 Å². The lowest BCUT2D eigenvalue weighted by Gasteiger charge is -2.32. The van der Waals surface area contributed by atoms with Crippen molar-refractivity contribution in [3.05, 3.63) is 18.2 Å². The highest BCUT2D eigenvalue weighted by atomic mass is 32.1. The number of carbonyl (C=O) groups excluding carboxylic acids is 1. The number of carbonyl (C=O) groups is 1. The van der Waals surface area contributed by atoms with Crippen LogP contribution in [0.5, 0.6) is 5.75 Å². The second-order valence-corrected chi connectivity index (χ2v) is 5.59. The molecule has 1 aromatic rings. The number of benzene rings is 1. The first-order valence-corrected chi connectivity index (χ1v) is 6.28. The first kappa shape index (κ1) is 13.1. The summed E-state index contributed by atoms with van der Waals surface area (Å²) in [5.74, 6) is 0.637. The van der Waals surface area contributed by atoms with Gasteiger partial charge in [0, 0.05) is 4.90 Å². The Bertz CT molecular complexity index is 468. The lowest BCUT2D eigenvalue weighted by Crippen LogP contribution is -2.41. The predicted octanol–water partition coefficient (Wildman–Crippen LogP) is 3.11. The van der Waals surface area contributed by atoms with Crippen molar-refractivity contribution in [2.24, 2.45) is 0 Å². The molecule has 18 heavy (non-hydrogen) atoms. The van der Waals surface area contributed by atoms with Gasteiger partial charge in [0.25, 0.3) is 0 Å². The number of ether oxygens (including phenoxy) is 2. The fourth-order valence-electron chi connectivity index (χ4n) is 1.74. The number of amides is 1. The van der Waals surface area contributed by atoms with Gasteiger partial charge in [0.1, 0.15) is 12.2 Å². The monoisotopic (exact) mass is 267 g/mol. The van der Waals surface area contributed by atoms with Crippen molar-refractivity contribution in [1.29, 1.82) is 0 Å². The number of anilines is 1. The SMILES string of the molecule is CC(C)(C)OC(=O)N1CCOc2c(S)cccc21. The number of thiol groups is 1. The van der Waals surface area contributed by atoms with E-state index in [4.69, 9.17) is 9.47 Å². The lowest BCUT2D eigenvalue weighted by molar-refractivity contribution is 0.0567. The second kappa shape index (κ2) is 4.72. The maximum Gasteiger partial charge on any atom is 0.415 e. The summed E-state index contributed by atoms with van der Waals surface area (Å²) in [4.78, 5) is 14.4. The molecule has 0 bridgehead atoms. The standard InChI is InChI=1S/C13H17NO3S/c1-13(2,3)17-12(15)14-7-8-16-11-9(14)5-4-6-10(11)18/h4-6,18H,7-8H2,1-3H3. The molecule has 0 spiro atoms. The van der Waals surface area contributed by atoms with Crippen molar-refractivity contribution >= 4 is 24.4 Å². The van der Waals surface area contributed by atoms with E-state index in [0.717, 1.165) is 4.90 Å². The van der Waals surface area contributed by atoms with Crippen molar-refractivity contribution < 1.29 is 14.3 Å². The molecular formula is C13H17NO3S. The molecule has 0 aliphatic carbocycles. The van der Waals surface area contributed by atoms with Crippen LogP contribution >= 0.6 is 12.6 Å². The third-order valence-electron chi connectivity index (χ3n) is 2.44. The van der Waals surface area contributed by atoms with Crippen molar-refractivity contribution in [2.75, 3.05) is 18.1 Å². The molecule has 0 N–H and O–H groups in total. The summed E-state index contributed by atoms with van der Waals surface area (Å²) in [7, 11) is 0. The Morgan fingerprint density at radius 3 is 2.83 bits per heavy atom. The van der Waals surface area contributed by atoms with Gasteiger partial charge in [-0.05, 0) is 32.9 Å². The Morgan fingerprint density at radius 1 is 1.44 bits per heavy atom. The van der Waals surface area contributed by atoms with Crippen molar-refractivity contribution in [2.45, 2.75) is 31.3 Å². The maximum absolute atomic E-state index is 12.1.